The monoisotopic (exact) mass is 256 g/mol. The third kappa shape index (κ3) is 1.69. The first-order chi connectivity index (χ1) is 8.81. The van der Waals surface area contributed by atoms with E-state index < -0.39 is 0 Å². The molecule has 0 unspecified atom stereocenters. The normalized spacial score (nSPS) is 13.8. The van der Waals surface area contributed by atoms with Gasteiger partial charge in [-0.05, 0) is 31.2 Å². The molecular formula is C14H12N2OS. The standard InChI is InChI=1S/C14H12N2OS/c1-2-16-11-7-3-4-8-12(11)18-13-10(14(16)17)6-5-9-15-13/h3-9H,2H2,1H3. The molecule has 4 heteroatoms. The highest BCUT2D eigenvalue weighted by atomic mass is 32.2. The zero-order valence-corrected chi connectivity index (χ0v) is 10.8. The molecule has 0 spiro atoms. The van der Waals surface area contributed by atoms with E-state index in [0.29, 0.717) is 12.1 Å². The van der Waals surface area contributed by atoms with Gasteiger partial charge >= 0.3 is 0 Å². The van der Waals surface area contributed by atoms with E-state index in [9.17, 15) is 4.79 Å². The van der Waals surface area contributed by atoms with Crippen LogP contribution in [0.4, 0.5) is 5.69 Å². The lowest BCUT2D eigenvalue weighted by Gasteiger charge is -2.20. The predicted octanol–water partition coefficient (Wildman–Crippen LogP) is 3.21. The van der Waals surface area contributed by atoms with Crippen molar-refractivity contribution in [1.82, 2.24) is 4.98 Å². The Morgan fingerprint density at radius 1 is 1.22 bits per heavy atom. The molecule has 0 saturated heterocycles. The van der Waals surface area contributed by atoms with Gasteiger partial charge in [0, 0.05) is 17.6 Å². The third-order valence-corrected chi connectivity index (χ3v) is 4.01. The molecule has 0 bridgehead atoms. The number of fused-ring (bicyclic) bond motifs is 2. The highest BCUT2D eigenvalue weighted by molar-refractivity contribution is 7.99. The third-order valence-electron chi connectivity index (χ3n) is 2.93. The van der Waals surface area contributed by atoms with Crippen LogP contribution in [0.25, 0.3) is 0 Å². The smallest absolute Gasteiger partial charge is 0.261 e. The van der Waals surface area contributed by atoms with E-state index in [1.54, 1.807) is 28.9 Å². The van der Waals surface area contributed by atoms with Crippen molar-refractivity contribution in [3.63, 3.8) is 0 Å². The van der Waals surface area contributed by atoms with Gasteiger partial charge in [0.15, 0.2) is 0 Å². The number of carbonyl (C=O) groups is 1. The molecule has 3 rings (SSSR count). The van der Waals surface area contributed by atoms with E-state index in [1.807, 2.05) is 37.3 Å². The van der Waals surface area contributed by atoms with Gasteiger partial charge in [-0.1, -0.05) is 23.9 Å². The molecule has 1 aliphatic heterocycles. The van der Waals surface area contributed by atoms with Gasteiger partial charge in [0.05, 0.1) is 11.3 Å². The molecule has 0 atom stereocenters. The second kappa shape index (κ2) is 4.46. The Morgan fingerprint density at radius 2 is 2.06 bits per heavy atom. The number of pyridine rings is 1. The maximum atomic E-state index is 12.5. The number of anilines is 1. The second-order valence-corrected chi connectivity index (χ2v) is 5.01. The van der Waals surface area contributed by atoms with Gasteiger partial charge in [-0.3, -0.25) is 4.79 Å². The molecule has 1 aliphatic rings. The lowest BCUT2D eigenvalue weighted by molar-refractivity contribution is 0.0985. The first-order valence-electron chi connectivity index (χ1n) is 5.85. The number of carbonyl (C=O) groups excluding carboxylic acids is 1. The quantitative estimate of drug-likeness (QED) is 0.785. The number of amides is 1. The number of hydrogen-bond acceptors (Lipinski definition) is 3. The summed E-state index contributed by atoms with van der Waals surface area (Å²) in [7, 11) is 0. The van der Waals surface area contributed by atoms with Crippen molar-refractivity contribution < 1.29 is 4.79 Å². The van der Waals surface area contributed by atoms with Crippen molar-refractivity contribution in [3.05, 3.63) is 48.2 Å². The van der Waals surface area contributed by atoms with Crippen molar-refractivity contribution >= 4 is 23.4 Å². The molecule has 3 nitrogen and oxygen atoms in total. The number of nitrogens with zero attached hydrogens (tertiary/aromatic N) is 2. The molecule has 0 aliphatic carbocycles. The number of hydrogen-bond donors (Lipinski definition) is 0. The Bertz CT molecular complexity index is 612. The minimum atomic E-state index is 0.0260. The average Bonchev–Trinajstić information content (AvgIpc) is 2.53. The van der Waals surface area contributed by atoms with E-state index in [1.165, 1.54) is 0 Å². The Labute approximate surface area is 110 Å². The summed E-state index contributed by atoms with van der Waals surface area (Å²) >= 11 is 1.55. The Morgan fingerprint density at radius 3 is 2.89 bits per heavy atom. The summed E-state index contributed by atoms with van der Waals surface area (Å²) in [5.74, 6) is 0.0260. The number of para-hydroxylation sites is 1. The van der Waals surface area contributed by atoms with Crippen LogP contribution in [-0.2, 0) is 0 Å². The van der Waals surface area contributed by atoms with Crippen LogP contribution in [-0.4, -0.2) is 17.4 Å². The maximum absolute atomic E-state index is 12.5. The first-order valence-corrected chi connectivity index (χ1v) is 6.66. The second-order valence-electron chi connectivity index (χ2n) is 3.98. The zero-order valence-electron chi connectivity index (χ0n) is 9.96. The zero-order chi connectivity index (χ0) is 12.5. The summed E-state index contributed by atoms with van der Waals surface area (Å²) in [5.41, 5.74) is 1.65. The molecule has 0 N–H and O–H groups in total. The largest absolute Gasteiger partial charge is 0.307 e. The fourth-order valence-electron chi connectivity index (χ4n) is 2.07. The lowest BCUT2D eigenvalue weighted by Crippen LogP contribution is -2.30. The molecule has 1 aromatic carbocycles. The van der Waals surface area contributed by atoms with Crippen LogP contribution in [0.5, 0.6) is 0 Å². The van der Waals surface area contributed by atoms with Crippen molar-refractivity contribution in [1.29, 1.82) is 0 Å². The first kappa shape index (κ1) is 11.3. The summed E-state index contributed by atoms with van der Waals surface area (Å²) in [4.78, 5) is 19.7. The van der Waals surface area contributed by atoms with E-state index >= 15 is 0 Å². The van der Waals surface area contributed by atoms with Gasteiger partial charge in [0.1, 0.15) is 5.03 Å². The van der Waals surface area contributed by atoms with Gasteiger partial charge in [-0.15, -0.1) is 0 Å². The van der Waals surface area contributed by atoms with Crippen LogP contribution in [0, 0.1) is 0 Å². The van der Waals surface area contributed by atoms with Gasteiger partial charge in [0.2, 0.25) is 0 Å². The van der Waals surface area contributed by atoms with Crippen LogP contribution in [0.3, 0.4) is 0 Å². The van der Waals surface area contributed by atoms with Crippen LogP contribution in [0.2, 0.25) is 0 Å². The SMILES string of the molecule is CCN1C(=O)c2cccnc2Sc2ccccc21. The highest BCUT2D eigenvalue weighted by Gasteiger charge is 2.26. The van der Waals surface area contributed by atoms with E-state index in [2.05, 4.69) is 4.98 Å². The van der Waals surface area contributed by atoms with Crippen LogP contribution in [0.1, 0.15) is 17.3 Å². The maximum Gasteiger partial charge on any atom is 0.261 e. The minimum Gasteiger partial charge on any atom is -0.307 e. The van der Waals surface area contributed by atoms with Crippen molar-refractivity contribution in [2.24, 2.45) is 0 Å². The highest BCUT2D eigenvalue weighted by Crippen LogP contribution is 2.39. The summed E-state index contributed by atoms with van der Waals surface area (Å²) < 4.78 is 0. The molecule has 0 saturated carbocycles. The molecule has 2 heterocycles. The number of benzene rings is 1. The van der Waals surface area contributed by atoms with Gasteiger partial charge < -0.3 is 4.90 Å². The summed E-state index contributed by atoms with van der Waals surface area (Å²) in [6.07, 6.45) is 1.73. The number of rotatable bonds is 1. The fourth-order valence-corrected chi connectivity index (χ4v) is 3.09. The topological polar surface area (TPSA) is 33.2 Å². The Kier molecular flexibility index (Phi) is 2.80. The summed E-state index contributed by atoms with van der Waals surface area (Å²) in [6.45, 7) is 2.64. The molecule has 1 aromatic heterocycles. The van der Waals surface area contributed by atoms with Gasteiger partial charge in [-0.2, -0.15) is 0 Å². The van der Waals surface area contributed by atoms with Gasteiger partial charge in [0.25, 0.3) is 5.91 Å². The van der Waals surface area contributed by atoms with Crippen LogP contribution >= 0.6 is 11.8 Å². The Balaban J connectivity index is 2.23. The van der Waals surface area contributed by atoms with Crippen molar-refractivity contribution in [2.45, 2.75) is 16.8 Å². The van der Waals surface area contributed by atoms with Crippen molar-refractivity contribution in [2.75, 3.05) is 11.4 Å². The molecular weight excluding hydrogens is 244 g/mol. The molecule has 18 heavy (non-hydrogen) atoms. The van der Waals surface area contributed by atoms with E-state index in [-0.39, 0.29) is 5.91 Å². The minimum absolute atomic E-state index is 0.0260. The fraction of sp³-hybridized carbons (Fsp3) is 0.143. The molecule has 90 valence electrons. The lowest BCUT2D eigenvalue weighted by atomic mass is 10.2. The molecule has 2 aromatic rings. The molecule has 1 amide bonds. The molecule has 0 radical (unpaired) electrons. The Hall–Kier alpha value is -1.81. The molecule has 0 fully saturated rings. The number of aromatic nitrogens is 1. The van der Waals surface area contributed by atoms with Crippen LogP contribution < -0.4 is 4.90 Å². The van der Waals surface area contributed by atoms with E-state index in [4.69, 9.17) is 0 Å². The summed E-state index contributed by atoms with van der Waals surface area (Å²) in [5, 5.41) is 0.783. The van der Waals surface area contributed by atoms with Gasteiger partial charge in [-0.25, -0.2) is 4.98 Å². The average molecular weight is 256 g/mol. The van der Waals surface area contributed by atoms with Crippen molar-refractivity contribution in [3.8, 4) is 0 Å². The predicted molar refractivity (Wildman–Crippen MR) is 72.2 cm³/mol. The summed E-state index contributed by atoms with van der Waals surface area (Å²) in [6, 6.07) is 11.6. The van der Waals surface area contributed by atoms with Crippen LogP contribution in [0.15, 0.2) is 52.5 Å². The van der Waals surface area contributed by atoms with E-state index in [0.717, 1.165) is 15.6 Å².